The smallest absolute Gasteiger partial charge is 0.130 e. The molecule has 2 atom stereocenters. The lowest BCUT2D eigenvalue weighted by atomic mass is 10.0. The number of aryl methyl sites for hydroxylation is 2. The Kier molecular flexibility index (Phi) is 10.00. The van der Waals surface area contributed by atoms with Crippen LogP contribution in [0.25, 0.3) is 0 Å². The minimum Gasteiger partial charge on any atom is -0.379 e. The van der Waals surface area contributed by atoms with Gasteiger partial charge in [-0.15, -0.1) is 0 Å². The molecule has 152 valence electrons. The Labute approximate surface area is 174 Å². The van der Waals surface area contributed by atoms with E-state index < -0.39 is 12.1 Å². The fraction of sp³-hybridized carbons (Fsp3) is 0.360. The van der Waals surface area contributed by atoms with Gasteiger partial charge in [0, 0.05) is 24.3 Å². The van der Waals surface area contributed by atoms with E-state index in [1.165, 1.54) is 5.56 Å². The molecule has 2 unspecified atom stereocenters. The van der Waals surface area contributed by atoms with E-state index in [-0.39, 0.29) is 0 Å². The van der Waals surface area contributed by atoms with Gasteiger partial charge < -0.3 is 21.3 Å². The van der Waals surface area contributed by atoms with E-state index in [4.69, 9.17) is 16.2 Å². The topological polar surface area (TPSA) is 81.5 Å². The number of ether oxygens (including phenoxy) is 1. The predicted molar refractivity (Wildman–Crippen MR) is 118 cm³/mol. The van der Waals surface area contributed by atoms with Gasteiger partial charge in [-0.2, -0.15) is 0 Å². The monoisotopic (exact) mass is 390 g/mol. The molecule has 0 saturated heterocycles. The van der Waals surface area contributed by atoms with Crippen LogP contribution >= 0.6 is 0 Å². The molecular formula is C25H30N2O2. The molecule has 0 saturated carbocycles. The molecule has 0 amide bonds. The van der Waals surface area contributed by atoms with Crippen molar-refractivity contribution in [1.29, 1.82) is 0 Å². The fourth-order valence-corrected chi connectivity index (χ4v) is 2.88. The number of aliphatic hydroxyl groups is 1. The molecular weight excluding hydrogens is 360 g/mol. The van der Waals surface area contributed by atoms with Crippen molar-refractivity contribution in [2.45, 2.75) is 37.8 Å². The third kappa shape index (κ3) is 8.52. The molecule has 0 aliphatic carbocycles. The third-order valence-corrected chi connectivity index (χ3v) is 4.51. The number of hydrogen-bond acceptors (Lipinski definition) is 4. The van der Waals surface area contributed by atoms with Crippen LogP contribution in [0, 0.1) is 23.7 Å². The van der Waals surface area contributed by atoms with Crippen LogP contribution in [0.5, 0.6) is 0 Å². The van der Waals surface area contributed by atoms with Crippen molar-refractivity contribution in [1.82, 2.24) is 0 Å². The minimum absolute atomic E-state index is 0.411. The lowest BCUT2D eigenvalue weighted by Gasteiger charge is -2.14. The van der Waals surface area contributed by atoms with Gasteiger partial charge in [-0.1, -0.05) is 47.9 Å². The lowest BCUT2D eigenvalue weighted by molar-refractivity contribution is 0.195. The second-order valence-electron chi connectivity index (χ2n) is 6.94. The summed E-state index contributed by atoms with van der Waals surface area (Å²) in [5.74, 6) is 11.9. The zero-order chi connectivity index (χ0) is 20.9. The maximum Gasteiger partial charge on any atom is 0.130 e. The van der Waals surface area contributed by atoms with Crippen molar-refractivity contribution in [2.75, 3.05) is 20.3 Å². The Balaban J connectivity index is 1.90. The van der Waals surface area contributed by atoms with Crippen LogP contribution in [0.1, 0.15) is 35.1 Å². The maximum atomic E-state index is 10.3. The first-order valence-electron chi connectivity index (χ1n) is 9.93. The normalized spacial score (nSPS) is 12.3. The van der Waals surface area contributed by atoms with E-state index in [1.807, 2.05) is 42.5 Å². The summed E-state index contributed by atoms with van der Waals surface area (Å²) >= 11 is 0. The Morgan fingerprint density at radius 2 is 1.66 bits per heavy atom. The van der Waals surface area contributed by atoms with E-state index in [9.17, 15) is 5.11 Å². The van der Waals surface area contributed by atoms with Gasteiger partial charge in [0.15, 0.2) is 0 Å². The summed E-state index contributed by atoms with van der Waals surface area (Å²) in [5, 5.41) is 10.3. The van der Waals surface area contributed by atoms with Gasteiger partial charge in [0.2, 0.25) is 0 Å². The highest BCUT2D eigenvalue weighted by Crippen LogP contribution is 2.10. The first-order valence-corrected chi connectivity index (χ1v) is 9.93. The molecule has 0 aromatic heterocycles. The summed E-state index contributed by atoms with van der Waals surface area (Å²) in [5.41, 5.74) is 15.9. The number of nitrogens with two attached hydrogens (primary N) is 2. The summed E-state index contributed by atoms with van der Waals surface area (Å²) in [7, 11) is 1.62. The Bertz CT molecular complexity index is 887. The summed E-state index contributed by atoms with van der Waals surface area (Å²) in [4.78, 5) is 0. The van der Waals surface area contributed by atoms with Crippen molar-refractivity contribution in [3.05, 3.63) is 70.8 Å². The predicted octanol–water partition coefficient (Wildman–Crippen LogP) is 2.25. The van der Waals surface area contributed by atoms with Gasteiger partial charge in [0.1, 0.15) is 12.7 Å². The van der Waals surface area contributed by atoms with E-state index >= 15 is 0 Å². The molecule has 29 heavy (non-hydrogen) atoms. The largest absolute Gasteiger partial charge is 0.379 e. The first-order chi connectivity index (χ1) is 14.1. The zero-order valence-electron chi connectivity index (χ0n) is 17.0. The van der Waals surface area contributed by atoms with Gasteiger partial charge in [-0.3, -0.25) is 0 Å². The standard InChI is InChI=1S/C25H30N2O2/c1-29-17-5-11-21-7-3-8-22(19-21)12-14-24(27)25(28)15-13-23-9-2-6-20(18-23)10-4-16-26/h2-3,6-9,18-19,24-25,28H,4,10,12,14,16-17,26-27H2,1H3. The second-order valence-corrected chi connectivity index (χ2v) is 6.94. The van der Waals surface area contributed by atoms with Crippen LogP contribution in [-0.4, -0.2) is 37.5 Å². The summed E-state index contributed by atoms with van der Waals surface area (Å²) in [6.45, 7) is 1.09. The molecule has 0 aliphatic heterocycles. The Morgan fingerprint density at radius 3 is 2.31 bits per heavy atom. The van der Waals surface area contributed by atoms with E-state index in [1.54, 1.807) is 7.11 Å². The van der Waals surface area contributed by atoms with Gasteiger partial charge >= 0.3 is 0 Å². The number of aliphatic hydroxyl groups excluding tert-OH is 1. The molecule has 0 fully saturated rings. The van der Waals surface area contributed by atoms with Crippen molar-refractivity contribution in [2.24, 2.45) is 11.5 Å². The van der Waals surface area contributed by atoms with E-state index in [2.05, 4.69) is 29.7 Å². The van der Waals surface area contributed by atoms with Crippen LogP contribution in [0.3, 0.4) is 0 Å². The summed E-state index contributed by atoms with van der Waals surface area (Å²) < 4.78 is 4.94. The van der Waals surface area contributed by atoms with Crippen molar-refractivity contribution in [3.63, 3.8) is 0 Å². The van der Waals surface area contributed by atoms with Crippen LogP contribution in [0.4, 0.5) is 0 Å². The molecule has 0 radical (unpaired) electrons. The van der Waals surface area contributed by atoms with Crippen LogP contribution in [-0.2, 0) is 17.6 Å². The van der Waals surface area contributed by atoms with Gasteiger partial charge in [0.05, 0.1) is 0 Å². The zero-order valence-corrected chi connectivity index (χ0v) is 17.0. The maximum absolute atomic E-state index is 10.3. The number of benzene rings is 2. The summed E-state index contributed by atoms with van der Waals surface area (Å²) in [6.07, 6.45) is 2.41. The Hall–Kier alpha value is -2.60. The molecule has 4 heteroatoms. The van der Waals surface area contributed by atoms with Crippen LogP contribution in [0.2, 0.25) is 0 Å². The minimum atomic E-state index is -0.868. The van der Waals surface area contributed by atoms with Gasteiger partial charge in [0.25, 0.3) is 0 Å². The van der Waals surface area contributed by atoms with E-state index in [0.29, 0.717) is 19.6 Å². The highest BCUT2D eigenvalue weighted by molar-refractivity contribution is 5.39. The first kappa shape index (κ1) is 22.7. The molecule has 0 bridgehead atoms. The molecule has 5 N–H and O–H groups in total. The average Bonchev–Trinajstić information content (AvgIpc) is 2.75. The highest BCUT2D eigenvalue weighted by atomic mass is 16.5. The lowest BCUT2D eigenvalue weighted by Crippen LogP contribution is -2.34. The second kappa shape index (κ2) is 12.8. The van der Waals surface area contributed by atoms with Gasteiger partial charge in [-0.25, -0.2) is 0 Å². The van der Waals surface area contributed by atoms with Gasteiger partial charge in [-0.05, 0) is 67.6 Å². The highest BCUT2D eigenvalue weighted by Gasteiger charge is 2.12. The molecule has 0 heterocycles. The van der Waals surface area contributed by atoms with Crippen molar-refractivity contribution < 1.29 is 9.84 Å². The molecule has 2 aromatic carbocycles. The SMILES string of the molecule is COCC#Cc1cccc(CCC(N)C(O)C#Cc2cccc(CCCN)c2)c1. The average molecular weight is 391 g/mol. The molecule has 0 aliphatic rings. The fourth-order valence-electron chi connectivity index (χ4n) is 2.88. The molecule has 2 rings (SSSR count). The number of rotatable bonds is 8. The van der Waals surface area contributed by atoms with Crippen LogP contribution < -0.4 is 11.5 Å². The quantitative estimate of drug-likeness (QED) is 0.604. The Morgan fingerprint density at radius 1 is 1.00 bits per heavy atom. The van der Waals surface area contributed by atoms with E-state index in [0.717, 1.165) is 36.0 Å². The van der Waals surface area contributed by atoms with Crippen LogP contribution in [0.15, 0.2) is 48.5 Å². The number of methoxy groups -OCH3 is 1. The number of hydrogen-bond donors (Lipinski definition) is 3. The third-order valence-electron chi connectivity index (χ3n) is 4.51. The molecule has 0 spiro atoms. The molecule has 2 aromatic rings. The van der Waals surface area contributed by atoms with Crippen molar-refractivity contribution in [3.8, 4) is 23.7 Å². The molecule has 4 nitrogen and oxygen atoms in total. The van der Waals surface area contributed by atoms with Crippen molar-refractivity contribution >= 4 is 0 Å². The summed E-state index contributed by atoms with van der Waals surface area (Å²) in [6, 6.07) is 15.6.